The van der Waals surface area contributed by atoms with E-state index >= 15 is 0 Å². The predicted molar refractivity (Wildman–Crippen MR) is 79.2 cm³/mol. The maximum atomic E-state index is 13.8. The molecular formula is C15H22FNOS. The minimum atomic E-state index is -0.135. The number of aryl methyl sites for hydroxylation is 1. The first-order valence-corrected chi connectivity index (χ1v) is 8.06. The Balaban J connectivity index is 2.17. The second-order valence-corrected chi connectivity index (χ2v) is 6.07. The number of thioether (sulfide) groups is 1. The van der Waals surface area contributed by atoms with Gasteiger partial charge in [-0.1, -0.05) is 19.1 Å². The lowest BCUT2D eigenvalue weighted by atomic mass is 10.00. The highest BCUT2D eigenvalue weighted by molar-refractivity contribution is 7.99. The van der Waals surface area contributed by atoms with Crippen LogP contribution in [-0.4, -0.2) is 30.8 Å². The zero-order chi connectivity index (χ0) is 13.7. The van der Waals surface area contributed by atoms with Crippen LogP contribution >= 0.6 is 11.8 Å². The van der Waals surface area contributed by atoms with Crippen molar-refractivity contribution in [3.63, 3.8) is 0 Å². The molecule has 106 valence electrons. The van der Waals surface area contributed by atoms with Crippen molar-refractivity contribution in [3.05, 3.63) is 35.1 Å². The molecule has 2 atom stereocenters. The maximum Gasteiger partial charge on any atom is 0.126 e. The second-order valence-electron chi connectivity index (χ2n) is 4.92. The summed E-state index contributed by atoms with van der Waals surface area (Å²) in [5.41, 5.74) is 1.68. The quantitative estimate of drug-likeness (QED) is 0.896. The number of hydrogen-bond acceptors (Lipinski definition) is 3. The van der Waals surface area contributed by atoms with Crippen LogP contribution in [0.2, 0.25) is 0 Å². The van der Waals surface area contributed by atoms with E-state index < -0.39 is 0 Å². The largest absolute Gasteiger partial charge is 0.375 e. The molecule has 0 amide bonds. The average Bonchev–Trinajstić information content (AvgIpc) is 2.44. The Kier molecular flexibility index (Phi) is 5.67. The van der Waals surface area contributed by atoms with Crippen molar-refractivity contribution in [2.45, 2.75) is 32.4 Å². The molecule has 0 aromatic heterocycles. The van der Waals surface area contributed by atoms with Gasteiger partial charge in [0.15, 0.2) is 0 Å². The average molecular weight is 283 g/mol. The van der Waals surface area contributed by atoms with Gasteiger partial charge >= 0.3 is 0 Å². The molecule has 0 bridgehead atoms. The summed E-state index contributed by atoms with van der Waals surface area (Å²) in [6.45, 7) is 5.63. The summed E-state index contributed by atoms with van der Waals surface area (Å²) in [6, 6.07) is 5.59. The zero-order valence-corrected chi connectivity index (χ0v) is 12.4. The van der Waals surface area contributed by atoms with Gasteiger partial charge in [-0.25, -0.2) is 4.39 Å². The Morgan fingerprint density at radius 2 is 2.37 bits per heavy atom. The van der Waals surface area contributed by atoms with Gasteiger partial charge in [-0.3, -0.25) is 0 Å². The zero-order valence-electron chi connectivity index (χ0n) is 11.6. The van der Waals surface area contributed by atoms with E-state index in [4.69, 9.17) is 4.74 Å². The summed E-state index contributed by atoms with van der Waals surface area (Å²) in [7, 11) is 0. The van der Waals surface area contributed by atoms with Crippen molar-refractivity contribution in [2.75, 3.05) is 24.7 Å². The van der Waals surface area contributed by atoms with Crippen molar-refractivity contribution in [1.29, 1.82) is 0 Å². The van der Waals surface area contributed by atoms with Crippen LogP contribution in [-0.2, 0) is 4.74 Å². The van der Waals surface area contributed by atoms with Crippen molar-refractivity contribution in [3.8, 4) is 0 Å². The Morgan fingerprint density at radius 1 is 1.53 bits per heavy atom. The third-order valence-electron chi connectivity index (χ3n) is 3.38. The number of halogens is 1. The number of benzene rings is 1. The molecule has 2 unspecified atom stereocenters. The minimum absolute atomic E-state index is 0.0860. The molecule has 2 rings (SSSR count). The molecule has 1 heterocycles. The van der Waals surface area contributed by atoms with Gasteiger partial charge in [-0.15, -0.1) is 0 Å². The normalized spacial score (nSPS) is 21.3. The Bertz CT molecular complexity index is 407. The standard InChI is InChI=1S/C15H22FNOS/c1-3-6-17-15(14-10-19-8-7-18-14)12-5-4-11(2)13(16)9-12/h4-5,9,14-15,17H,3,6-8,10H2,1-2H3. The number of rotatable bonds is 5. The van der Waals surface area contributed by atoms with E-state index in [1.54, 1.807) is 13.0 Å². The first kappa shape index (κ1) is 14.8. The second kappa shape index (κ2) is 7.27. The van der Waals surface area contributed by atoms with E-state index in [2.05, 4.69) is 12.2 Å². The van der Waals surface area contributed by atoms with Crippen molar-refractivity contribution in [1.82, 2.24) is 5.32 Å². The highest BCUT2D eigenvalue weighted by Gasteiger charge is 2.26. The molecule has 1 N–H and O–H groups in total. The molecule has 0 radical (unpaired) electrons. The number of hydrogen-bond donors (Lipinski definition) is 1. The summed E-state index contributed by atoms with van der Waals surface area (Å²) in [5.74, 6) is 1.89. The maximum absolute atomic E-state index is 13.8. The molecule has 1 fully saturated rings. The van der Waals surface area contributed by atoms with E-state index in [1.165, 1.54) is 0 Å². The number of ether oxygens (including phenoxy) is 1. The van der Waals surface area contributed by atoms with Gasteiger partial charge in [0.25, 0.3) is 0 Å². The third-order valence-corrected chi connectivity index (χ3v) is 4.40. The third kappa shape index (κ3) is 3.94. The summed E-state index contributed by atoms with van der Waals surface area (Å²) in [5, 5.41) is 3.50. The van der Waals surface area contributed by atoms with E-state index in [0.717, 1.165) is 36.6 Å². The lowest BCUT2D eigenvalue weighted by molar-refractivity contribution is 0.0467. The van der Waals surface area contributed by atoms with Gasteiger partial charge in [-0.05, 0) is 37.1 Å². The number of nitrogens with one attached hydrogen (secondary N) is 1. The topological polar surface area (TPSA) is 21.3 Å². The van der Waals surface area contributed by atoms with E-state index in [1.807, 2.05) is 23.9 Å². The van der Waals surface area contributed by atoms with Gasteiger partial charge in [-0.2, -0.15) is 11.8 Å². The Morgan fingerprint density at radius 3 is 3.00 bits per heavy atom. The molecule has 0 saturated carbocycles. The molecule has 1 aromatic rings. The van der Waals surface area contributed by atoms with Gasteiger partial charge < -0.3 is 10.1 Å². The van der Waals surface area contributed by atoms with Crippen LogP contribution < -0.4 is 5.32 Å². The van der Waals surface area contributed by atoms with Gasteiger partial charge in [0.2, 0.25) is 0 Å². The molecule has 4 heteroatoms. The predicted octanol–water partition coefficient (Wildman–Crippen LogP) is 3.31. The van der Waals surface area contributed by atoms with E-state index in [-0.39, 0.29) is 18.0 Å². The molecule has 1 aliphatic rings. The summed E-state index contributed by atoms with van der Waals surface area (Å²) in [6.07, 6.45) is 1.19. The first-order valence-electron chi connectivity index (χ1n) is 6.91. The summed E-state index contributed by atoms with van der Waals surface area (Å²) in [4.78, 5) is 0. The monoisotopic (exact) mass is 283 g/mol. The van der Waals surface area contributed by atoms with Crippen LogP contribution in [0.1, 0.15) is 30.5 Å². The van der Waals surface area contributed by atoms with Crippen LogP contribution in [0.15, 0.2) is 18.2 Å². The van der Waals surface area contributed by atoms with Crippen LogP contribution in [0, 0.1) is 12.7 Å². The highest BCUT2D eigenvalue weighted by Crippen LogP contribution is 2.26. The molecule has 19 heavy (non-hydrogen) atoms. The fraction of sp³-hybridized carbons (Fsp3) is 0.600. The molecule has 0 aliphatic carbocycles. The van der Waals surface area contributed by atoms with E-state index in [0.29, 0.717) is 5.56 Å². The Hall–Kier alpha value is -0.580. The van der Waals surface area contributed by atoms with Crippen LogP contribution in [0.25, 0.3) is 0 Å². The summed E-state index contributed by atoms with van der Waals surface area (Å²) < 4.78 is 19.6. The van der Waals surface area contributed by atoms with Crippen molar-refractivity contribution < 1.29 is 9.13 Å². The smallest absolute Gasteiger partial charge is 0.126 e. The summed E-state index contributed by atoms with van der Waals surface area (Å²) >= 11 is 1.91. The minimum Gasteiger partial charge on any atom is -0.375 e. The SMILES string of the molecule is CCCNC(c1ccc(C)c(F)c1)C1CSCCO1. The van der Waals surface area contributed by atoms with Gasteiger partial charge in [0.05, 0.1) is 18.8 Å². The van der Waals surface area contributed by atoms with Gasteiger partial charge in [0, 0.05) is 11.5 Å². The first-order chi connectivity index (χ1) is 9.22. The van der Waals surface area contributed by atoms with Crippen LogP contribution in [0.4, 0.5) is 4.39 Å². The van der Waals surface area contributed by atoms with Crippen molar-refractivity contribution in [2.24, 2.45) is 0 Å². The van der Waals surface area contributed by atoms with Crippen LogP contribution in [0.3, 0.4) is 0 Å². The van der Waals surface area contributed by atoms with E-state index in [9.17, 15) is 4.39 Å². The highest BCUT2D eigenvalue weighted by atomic mass is 32.2. The van der Waals surface area contributed by atoms with Gasteiger partial charge in [0.1, 0.15) is 5.82 Å². The molecule has 0 spiro atoms. The van der Waals surface area contributed by atoms with Crippen molar-refractivity contribution >= 4 is 11.8 Å². The van der Waals surface area contributed by atoms with Crippen LogP contribution in [0.5, 0.6) is 0 Å². The molecule has 1 saturated heterocycles. The Labute approximate surface area is 119 Å². The molecule has 1 aliphatic heterocycles. The lowest BCUT2D eigenvalue weighted by Gasteiger charge is -2.31. The fourth-order valence-electron chi connectivity index (χ4n) is 2.26. The fourth-order valence-corrected chi connectivity index (χ4v) is 3.17. The molecule has 2 nitrogen and oxygen atoms in total. The lowest BCUT2D eigenvalue weighted by Crippen LogP contribution is -2.38. The molecular weight excluding hydrogens is 261 g/mol. The molecule has 1 aromatic carbocycles.